The monoisotopic (exact) mass is 509 g/mol. The van der Waals surface area contributed by atoms with Gasteiger partial charge in [0.2, 0.25) is 0 Å². The summed E-state index contributed by atoms with van der Waals surface area (Å²) in [4.78, 5) is 14.7. The number of carbonyl (C=O) groups is 1. The van der Waals surface area contributed by atoms with Crippen LogP contribution in [0.4, 0.5) is 4.39 Å². The molecule has 0 N–H and O–H groups in total. The molecule has 186 valence electrons. The molecule has 0 spiro atoms. The van der Waals surface area contributed by atoms with Crippen molar-refractivity contribution in [1.82, 2.24) is 4.90 Å². The minimum absolute atomic E-state index is 0.132. The fourth-order valence-corrected chi connectivity index (χ4v) is 5.33. The summed E-state index contributed by atoms with van der Waals surface area (Å²) in [5.41, 5.74) is 0.209. The van der Waals surface area contributed by atoms with E-state index < -0.39 is 11.3 Å². The summed E-state index contributed by atoms with van der Waals surface area (Å²) >= 11 is 12.1. The first-order valence-corrected chi connectivity index (χ1v) is 12.9. The van der Waals surface area contributed by atoms with Crippen molar-refractivity contribution < 1.29 is 18.7 Å². The summed E-state index contributed by atoms with van der Waals surface area (Å²) in [7, 11) is 0. The highest BCUT2D eigenvalue weighted by molar-refractivity contribution is 6.34. The predicted molar refractivity (Wildman–Crippen MR) is 134 cm³/mol. The highest BCUT2D eigenvalue weighted by Gasteiger charge is 2.45. The van der Waals surface area contributed by atoms with E-state index in [9.17, 15) is 4.79 Å². The van der Waals surface area contributed by atoms with Crippen LogP contribution in [0.2, 0.25) is 10.0 Å². The first-order valence-electron chi connectivity index (χ1n) is 12.1. The normalized spacial score (nSPS) is 24.5. The summed E-state index contributed by atoms with van der Waals surface area (Å²) in [5, 5.41) is 1.20. The molecule has 1 saturated carbocycles. The quantitative estimate of drug-likeness (QED) is 0.383. The fourth-order valence-electron chi connectivity index (χ4n) is 4.76. The molecule has 2 aliphatic carbocycles. The number of ether oxygens (including phenoxy) is 2. The zero-order valence-corrected chi connectivity index (χ0v) is 21.7. The zero-order valence-electron chi connectivity index (χ0n) is 20.2. The van der Waals surface area contributed by atoms with Gasteiger partial charge in [0.05, 0.1) is 18.3 Å². The van der Waals surface area contributed by atoms with Crippen LogP contribution in [0.15, 0.2) is 41.5 Å². The summed E-state index contributed by atoms with van der Waals surface area (Å²) < 4.78 is 27.9. The van der Waals surface area contributed by atoms with E-state index in [1.54, 1.807) is 18.2 Å². The van der Waals surface area contributed by atoms with Crippen molar-refractivity contribution in [3.63, 3.8) is 0 Å². The van der Waals surface area contributed by atoms with Crippen molar-refractivity contribution in [2.45, 2.75) is 76.9 Å². The van der Waals surface area contributed by atoms with Gasteiger partial charge in [-0.05, 0) is 87.8 Å². The molecule has 7 heteroatoms. The second kappa shape index (κ2) is 10.3. The maximum atomic E-state index is 16.3. The van der Waals surface area contributed by atoms with Crippen LogP contribution in [-0.4, -0.2) is 47.9 Å². The molecule has 1 saturated heterocycles. The van der Waals surface area contributed by atoms with E-state index >= 15 is 4.39 Å². The van der Waals surface area contributed by atoms with Gasteiger partial charge < -0.3 is 9.47 Å². The lowest BCUT2D eigenvalue weighted by atomic mass is 9.82. The minimum atomic E-state index is -1.43. The molecule has 1 aromatic carbocycles. The molecule has 0 amide bonds. The second-order valence-electron chi connectivity index (χ2n) is 10.8. The van der Waals surface area contributed by atoms with E-state index in [4.69, 9.17) is 32.7 Å². The molecule has 2 fully saturated rings. The van der Waals surface area contributed by atoms with Crippen LogP contribution in [0.1, 0.15) is 58.4 Å². The van der Waals surface area contributed by atoms with Gasteiger partial charge in [0.25, 0.3) is 0 Å². The van der Waals surface area contributed by atoms with Gasteiger partial charge in [-0.1, -0.05) is 29.3 Å². The van der Waals surface area contributed by atoms with Gasteiger partial charge in [0.1, 0.15) is 11.3 Å². The Kier molecular flexibility index (Phi) is 7.78. The van der Waals surface area contributed by atoms with Crippen molar-refractivity contribution in [3.8, 4) is 0 Å². The SMILES string of the molecule is CC(C)(C)OC(=O)C1=CCC(F)(CN2CCC(OCc3cc(Cl)cc(Cl)c3)CC2)C(C2CC2)=C1. The van der Waals surface area contributed by atoms with E-state index in [-0.39, 0.29) is 24.4 Å². The van der Waals surface area contributed by atoms with Crippen molar-refractivity contribution >= 4 is 29.2 Å². The number of likely N-dealkylation sites (tertiary alicyclic amines) is 1. The molecule has 0 aromatic heterocycles. The minimum Gasteiger partial charge on any atom is -0.456 e. The Bertz CT molecular complexity index is 954. The van der Waals surface area contributed by atoms with Crippen LogP contribution in [0.3, 0.4) is 0 Å². The molecular formula is C27H34Cl2FNO3. The van der Waals surface area contributed by atoms with Gasteiger partial charge in [-0.25, -0.2) is 9.18 Å². The molecule has 3 aliphatic rings. The average Bonchev–Trinajstić information content (AvgIpc) is 3.56. The van der Waals surface area contributed by atoms with E-state index in [0.717, 1.165) is 49.9 Å². The van der Waals surface area contributed by atoms with Gasteiger partial charge in [0.15, 0.2) is 0 Å². The largest absolute Gasteiger partial charge is 0.456 e. The number of benzene rings is 1. The number of hydrogen-bond acceptors (Lipinski definition) is 4. The van der Waals surface area contributed by atoms with E-state index in [1.807, 2.05) is 32.9 Å². The standard InChI is InChI=1S/C27H34Cl2FNO3/c1-26(2,3)34-25(32)20-6-9-27(30,24(14-20)19-4-5-19)17-31-10-7-23(8-11-31)33-16-18-12-21(28)15-22(29)13-18/h6,12-15,19,23H,4-5,7-11,16-17H2,1-3H3. The molecule has 1 unspecified atom stereocenters. The third-order valence-electron chi connectivity index (χ3n) is 6.54. The first kappa shape index (κ1) is 25.7. The third kappa shape index (κ3) is 6.84. The molecule has 1 aliphatic heterocycles. The lowest BCUT2D eigenvalue weighted by molar-refractivity contribution is -0.149. The number of carbonyl (C=O) groups excluding carboxylic acids is 1. The maximum absolute atomic E-state index is 16.3. The average molecular weight is 510 g/mol. The number of hydrogen-bond donors (Lipinski definition) is 0. The molecular weight excluding hydrogens is 476 g/mol. The second-order valence-corrected chi connectivity index (χ2v) is 11.6. The van der Waals surface area contributed by atoms with E-state index in [2.05, 4.69) is 4.90 Å². The molecule has 0 radical (unpaired) electrons. The number of halogens is 3. The van der Waals surface area contributed by atoms with Crippen LogP contribution in [0.5, 0.6) is 0 Å². The third-order valence-corrected chi connectivity index (χ3v) is 6.98. The Balaban J connectivity index is 1.31. The molecule has 4 rings (SSSR count). The van der Waals surface area contributed by atoms with Crippen molar-refractivity contribution in [2.75, 3.05) is 19.6 Å². The van der Waals surface area contributed by atoms with Crippen molar-refractivity contribution in [1.29, 1.82) is 0 Å². The van der Waals surface area contributed by atoms with Gasteiger partial charge in [-0.15, -0.1) is 0 Å². The Morgan fingerprint density at radius 2 is 1.76 bits per heavy atom. The molecule has 34 heavy (non-hydrogen) atoms. The maximum Gasteiger partial charge on any atom is 0.338 e. The molecule has 0 bridgehead atoms. The number of alkyl halides is 1. The Labute approximate surface area is 212 Å². The van der Waals surface area contributed by atoms with Crippen LogP contribution in [0, 0.1) is 5.92 Å². The zero-order chi connectivity index (χ0) is 24.5. The van der Waals surface area contributed by atoms with Crippen LogP contribution in [0.25, 0.3) is 0 Å². The van der Waals surface area contributed by atoms with Gasteiger partial charge in [-0.3, -0.25) is 4.90 Å². The van der Waals surface area contributed by atoms with Crippen LogP contribution in [-0.2, 0) is 20.9 Å². The topological polar surface area (TPSA) is 38.8 Å². The van der Waals surface area contributed by atoms with Crippen LogP contribution >= 0.6 is 23.2 Å². The highest BCUT2D eigenvalue weighted by atomic mass is 35.5. The Morgan fingerprint density at radius 1 is 1.12 bits per heavy atom. The number of piperidine rings is 1. The molecule has 1 aromatic rings. The molecule has 1 atom stereocenters. The number of esters is 1. The van der Waals surface area contributed by atoms with Crippen molar-refractivity contribution in [3.05, 3.63) is 57.1 Å². The summed E-state index contributed by atoms with van der Waals surface area (Å²) in [5.74, 6) is -0.131. The van der Waals surface area contributed by atoms with Crippen molar-refractivity contribution in [2.24, 2.45) is 5.92 Å². The summed E-state index contributed by atoms with van der Waals surface area (Å²) in [6, 6.07) is 5.44. The van der Waals surface area contributed by atoms with E-state index in [1.165, 1.54) is 0 Å². The smallest absolute Gasteiger partial charge is 0.338 e. The number of nitrogens with zero attached hydrogens (tertiary/aromatic N) is 1. The lowest BCUT2D eigenvalue weighted by Crippen LogP contribution is -2.47. The number of allylic oxidation sites excluding steroid dienone is 1. The van der Waals surface area contributed by atoms with Gasteiger partial charge in [-0.2, -0.15) is 0 Å². The predicted octanol–water partition coefficient (Wildman–Crippen LogP) is 6.69. The Hall–Kier alpha value is -1.40. The Morgan fingerprint density at radius 3 is 2.35 bits per heavy atom. The lowest BCUT2D eigenvalue weighted by Gasteiger charge is -2.39. The fraction of sp³-hybridized carbons (Fsp3) is 0.593. The highest BCUT2D eigenvalue weighted by Crippen LogP contribution is 2.47. The van der Waals surface area contributed by atoms with Gasteiger partial charge in [0, 0.05) is 36.1 Å². The molecule has 1 heterocycles. The summed E-state index contributed by atoms with van der Waals surface area (Å²) in [6.45, 7) is 7.92. The van der Waals surface area contributed by atoms with Gasteiger partial charge >= 0.3 is 5.97 Å². The first-order chi connectivity index (χ1) is 16.0. The number of rotatable bonds is 7. The van der Waals surface area contributed by atoms with E-state index in [0.29, 0.717) is 28.8 Å². The van der Waals surface area contributed by atoms with Crippen LogP contribution < -0.4 is 0 Å². The summed E-state index contributed by atoms with van der Waals surface area (Å²) in [6.07, 6.45) is 7.51. The molecule has 4 nitrogen and oxygen atoms in total.